The summed E-state index contributed by atoms with van der Waals surface area (Å²) in [6.07, 6.45) is 1.16. The Labute approximate surface area is 135 Å². The van der Waals surface area contributed by atoms with Crippen molar-refractivity contribution in [2.24, 2.45) is 0 Å². The van der Waals surface area contributed by atoms with E-state index >= 15 is 0 Å². The first-order valence-electron chi connectivity index (χ1n) is 7.65. The van der Waals surface area contributed by atoms with E-state index in [4.69, 9.17) is 4.74 Å². The van der Waals surface area contributed by atoms with Gasteiger partial charge in [0.15, 0.2) is 0 Å². The molecule has 3 rings (SSSR count). The van der Waals surface area contributed by atoms with E-state index in [2.05, 4.69) is 32.1 Å². The molecular formula is C16H22N4OS. The van der Waals surface area contributed by atoms with Crippen LogP contribution in [0.3, 0.4) is 0 Å². The molecule has 0 radical (unpaired) electrons. The van der Waals surface area contributed by atoms with Crippen LogP contribution < -0.4 is 9.64 Å². The molecule has 0 spiro atoms. The van der Waals surface area contributed by atoms with Gasteiger partial charge in [0.25, 0.3) is 0 Å². The van der Waals surface area contributed by atoms with E-state index in [0.29, 0.717) is 0 Å². The van der Waals surface area contributed by atoms with Gasteiger partial charge < -0.3 is 9.64 Å². The van der Waals surface area contributed by atoms with Crippen LogP contribution in [0.15, 0.2) is 24.3 Å². The number of aromatic nitrogens is 2. The molecule has 1 aromatic carbocycles. The van der Waals surface area contributed by atoms with E-state index in [0.717, 1.165) is 55.0 Å². The minimum atomic E-state index is 0.914. The molecule has 2 aromatic rings. The summed E-state index contributed by atoms with van der Waals surface area (Å²) in [4.78, 5) is 4.87. The number of rotatable bonds is 4. The quantitative estimate of drug-likeness (QED) is 0.866. The summed E-state index contributed by atoms with van der Waals surface area (Å²) >= 11 is 1.68. The van der Waals surface area contributed by atoms with Gasteiger partial charge in [-0.15, -0.1) is 10.2 Å². The van der Waals surface area contributed by atoms with Crippen LogP contribution in [0, 0.1) is 6.92 Å². The third-order valence-corrected chi connectivity index (χ3v) is 4.84. The molecule has 6 heteroatoms. The molecule has 0 aliphatic carbocycles. The molecule has 2 heterocycles. The zero-order valence-corrected chi connectivity index (χ0v) is 14.0. The zero-order valence-electron chi connectivity index (χ0n) is 13.2. The number of ether oxygens (including phenoxy) is 1. The van der Waals surface area contributed by atoms with E-state index in [-0.39, 0.29) is 0 Å². The van der Waals surface area contributed by atoms with Gasteiger partial charge in [0.05, 0.1) is 7.11 Å². The fraction of sp³-hybridized carbons (Fsp3) is 0.500. The highest BCUT2D eigenvalue weighted by atomic mass is 32.1. The Morgan fingerprint density at radius 1 is 1.09 bits per heavy atom. The van der Waals surface area contributed by atoms with Crippen molar-refractivity contribution < 1.29 is 4.74 Å². The molecule has 1 aliphatic rings. The Balaban J connectivity index is 1.57. The predicted octanol–water partition coefficient (Wildman–Crippen LogP) is 2.57. The molecule has 5 nitrogen and oxygen atoms in total. The molecule has 0 saturated carbocycles. The van der Waals surface area contributed by atoms with E-state index in [1.165, 1.54) is 5.56 Å². The standard InChI is InChI=1S/C16H22N4OS/c1-13-17-18-16(22-13)20-9-3-8-19(10-11-20)12-14-4-6-15(21-2)7-5-14/h4-7H,3,8-12H2,1-2H3. The highest BCUT2D eigenvalue weighted by Gasteiger charge is 2.17. The van der Waals surface area contributed by atoms with Gasteiger partial charge >= 0.3 is 0 Å². The summed E-state index contributed by atoms with van der Waals surface area (Å²) in [5.41, 5.74) is 1.33. The minimum Gasteiger partial charge on any atom is -0.497 e. The van der Waals surface area contributed by atoms with Crippen LogP contribution in [0.25, 0.3) is 0 Å². The fourth-order valence-corrected chi connectivity index (χ4v) is 3.46. The summed E-state index contributed by atoms with van der Waals surface area (Å²) in [6.45, 7) is 7.27. The summed E-state index contributed by atoms with van der Waals surface area (Å²) < 4.78 is 5.21. The van der Waals surface area contributed by atoms with Crippen molar-refractivity contribution in [3.8, 4) is 5.75 Å². The first-order valence-corrected chi connectivity index (χ1v) is 8.46. The van der Waals surface area contributed by atoms with Gasteiger partial charge in [-0.1, -0.05) is 23.5 Å². The molecule has 0 bridgehead atoms. The smallest absolute Gasteiger partial charge is 0.208 e. The lowest BCUT2D eigenvalue weighted by atomic mass is 10.2. The second kappa shape index (κ2) is 7.07. The van der Waals surface area contributed by atoms with Crippen molar-refractivity contribution in [2.45, 2.75) is 19.9 Å². The van der Waals surface area contributed by atoms with Crippen molar-refractivity contribution in [3.05, 3.63) is 34.8 Å². The highest BCUT2D eigenvalue weighted by Crippen LogP contribution is 2.21. The molecule has 1 saturated heterocycles. The Kier molecular flexibility index (Phi) is 4.90. The highest BCUT2D eigenvalue weighted by molar-refractivity contribution is 7.15. The molecule has 22 heavy (non-hydrogen) atoms. The first-order chi connectivity index (χ1) is 10.7. The number of methoxy groups -OCH3 is 1. The average molecular weight is 318 g/mol. The number of aryl methyl sites for hydroxylation is 1. The summed E-state index contributed by atoms with van der Waals surface area (Å²) in [7, 11) is 1.70. The van der Waals surface area contributed by atoms with Gasteiger partial charge in [0.2, 0.25) is 5.13 Å². The topological polar surface area (TPSA) is 41.5 Å². The number of nitrogens with zero attached hydrogens (tertiary/aromatic N) is 4. The van der Waals surface area contributed by atoms with E-state index in [1.54, 1.807) is 18.4 Å². The average Bonchev–Trinajstić information content (AvgIpc) is 2.83. The Bertz CT molecular complexity index is 598. The van der Waals surface area contributed by atoms with Gasteiger partial charge in [-0.3, -0.25) is 4.90 Å². The fourth-order valence-electron chi connectivity index (χ4n) is 2.72. The molecule has 0 N–H and O–H groups in total. The SMILES string of the molecule is COc1ccc(CN2CCCN(c3nnc(C)s3)CC2)cc1. The first kappa shape index (κ1) is 15.2. The maximum absolute atomic E-state index is 5.21. The van der Waals surface area contributed by atoms with E-state index in [9.17, 15) is 0 Å². The normalized spacial score (nSPS) is 16.5. The molecular weight excluding hydrogens is 296 g/mol. The minimum absolute atomic E-state index is 0.914. The second-order valence-corrected chi connectivity index (χ2v) is 6.73. The van der Waals surface area contributed by atoms with Gasteiger partial charge in [0.1, 0.15) is 10.8 Å². The van der Waals surface area contributed by atoms with Gasteiger partial charge in [0, 0.05) is 32.7 Å². The second-order valence-electron chi connectivity index (χ2n) is 5.57. The third kappa shape index (κ3) is 3.75. The lowest BCUT2D eigenvalue weighted by Gasteiger charge is -2.21. The van der Waals surface area contributed by atoms with Gasteiger partial charge in [-0.25, -0.2) is 0 Å². The maximum atomic E-state index is 5.21. The molecule has 0 unspecified atom stereocenters. The van der Waals surface area contributed by atoms with Crippen LogP contribution in [0.1, 0.15) is 17.0 Å². The van der Waals surface area contributed by atoms with Crippen molar-refractivity contribution >= 4 is 16.5 Å². The Hall–Kier alpha value is -1.66. The van der Waals surface area contributed by atoms with Crippen molar-refractivity contribution in [2.75, 3.05) is 38.2 Å². The maximum Gasteiger partial charge on any atom is 0.208 e. The van der Waals surface area contributed by atoms with E-state index < -0.39 is 0 Å². The molecule has 1 aromatic heterocycles. The van der Waals surface area contributed by atoms with Crippen LogP contribution >= 0.6 is 11.3 Å². The van der Waals surface area contributed by atoms with Crippen LogP contribution in [0.4, 0.5) is 5.13 Å². The molecule has 0 atom stereocenters. The third-order valence-electron chi connectivity index (χ3n) is 3.94. The van der Waals surface area contributed by atoms with Crippen molar-refractivity contribution in [1.82, 2.24) is 15.1 Å². The van der Waals surface area contributed by atoms with E-state index in [1.807, 2.05) is 19.1 Å². The molecule has 0 amide bonds. The molecule has 118 valence electrons. The van der Waals surface area contributed by atoms with Gasteiger partial charge in [-0.2, -0.15) is 0 Å². The van der Waals surface area contributed by atoms with Crippen molar-refractivity contribution in [3.63, 3.8) is 0 Å². The number of hydrogen-bond donors (Lipinski definition) is 0. The zero-order chi connectivity index (χ0) is 15.4. The lowest BCUT2D eigenvalue weighted by molar-refractivity contribution is 0.285. The lowest BCUT2D eigenvalue weighted by Crippen LogP contribution is -2.30. The number of anilines is 1. The number of hydrogen-bond acceptors (Lipinski definition) is 6. The van der Waals surface area contributed by atoms with Crippen LogP contribution in [-0.2, 0) is 6.54 Å². The Morgan fingerprint density at radius 3 is 2.59 bits per heavy atom. The monoisotopic (exact) mass is 318 g/mol. The largest absolute Gasteiger partial charge is 0.497 e. The van der Waals surface area contributed by atoms with Crippen LogP contribution in [-0.4, -0.2) is 48.4 Å². The summed E-state index contributed by atoms with van der Waals surface area (Å²) in [5.74, 6) is 0.914. The van der Waals surface area contributed by atoms with Crippen molar-refractivity contribution in [1.29, 1.82) is 0 Å². The van der Waals surface area contributed by atoms with Crippen LogP contribution in [0.2, 0.25) is 0 Å². The predicted molar refractivity (Wildman–Crippen MR) is 89.7 cm³/mol. The van der Waals surface area contributed by atoms with Crippen LogP contribution in [0.5, 0.6) is 5.75 Å². The molecule has 1 aliphatic heterocycles. The number of benzene rings is 1. The summed E-state index contributed by atoms with van der Waals surface area (Å²) in [5, 5.41) is 10.5. The van der Waals surface area contributed by atoms with Gasteiger partial charge in [-0.05, 0) is 31.0 Å². The molecule has 1 fully saturated rings. The summed E-state index contributed by atoms with van der Waals surface area (Å²) in [6, 6.07) is 8.36. The Morgan fingerprint density at radius 2 is 1.91 bits per heavy atom.